The predicted molar refractivity (Wildman–Crippen MR) is 66.2 cm³/mol. The number of fused-ring (bicyclic) bond motifs is 1. The molecule has 3 aromatic heterocycles. The molecule has 0 aliphatic rings. The third-order valence-electron chi connectivity index (χ3n) is 2.29. The number of aromatic nitrogens is 4. The number of rotatable bonds is 3. The Balaban J connectivity index is 2.07. The largest absolute Gasteiger partial charge is 0.478 e. The molecule has 1 N–H and O–H groups in total. The summed E-state index contributed by atoms with van der Waals surface area (Å²) in [5.74, 6) is 1.33. The summed E-state index contributed by atoms with van der Waals surface area (Å²) in [6.45, 7) is 2.53. The summed E-state index contributed by atoms with van der Waals surface area (Å²) in [5, 5.41) is 1.95. The Morgan fingerprint density at radius 2 is 2.29 bits per heavy atom. The molecule has 0 saturated carbocycles. The lowest BCUT2D eigenvalue weighted by atomic mass is 10.4. The fourth-order valence-electron chi connectivity index (χ4n) is 1.55. The van der Waals surface area contributed by atoms with Crippen molar-refractivity contribution in [2.24, 2.45) is 0 Å². The highest BCUT2D eigenvalue weighted by molar-refractivity contribution is 7.07. The summed E-state index contributed by atoms with van der Waals surface area (Å²) in [6.07, 6.45) is 0. The van der Waals surface area contributed by atoms with Crippen molar-refractivity contribution in [2.45, 2.75) is 6.92 Å². The van der Waals surface area contributed by atoms with Gasteiger partial charge >= 0.3 is 0 Å². The Bertz CT molecular complexity index is 632. The Morgan fingerprint density at radius 1 is 1.35 bits per heavy atom. The highest BCUT2D eigenvalue weighted by Crippen LogP contribution is 2.20. The topological polar surface area (TPSA) is 63.7 Å². The Morgan fingerprint density at radius 3 is 3.06 bits per heavy atom. The zero-order valence-electron chi connectivity index (χ0n) is 9.17. The van der Waals surface area contributed by atoms with E-state index in [1.807, 2.05) is 24.4 Å². The third-order valence-corrected chi connectivity index (χ3v) is 2.87. The normalized spacial score (nSPS) is 10.9. The van der Waals surface area contributed by atoms with Crippen molar-refractivity contribution < 1.29 is 4.74 Å². The van der Waals surface area contributed by atoms with Gasteiger partial charge in [0, 0.05) is 11.4 Å². The van der Waals surface area contributed by atoms with Crippen LogP contribution < -0.4 is 4.74 Å². The van der Waals surface area contributed by atoms with Gasteiger partial charge in [-0.05, 0) is 13.0 Å². The fourth-order valence-corrected chi connectivity index (χ4v) is 2.09. The second kappa shape index (κ2) is 4.14. The molecule has 3 rings (SSSR count). The first kappa shape index (κ1) is 10.2. The lowest BCUT2D eigenvalue weighted by Gasteiger charge is -1.99. The van der Waals surface area contributed by atoms with Gasteiger partial charge in [0.25, 0.3) is 0 Å². The van der Waals surface area contributed by atoms with Crippen molar-refractivity contribution >= 4 is 22.5 Å². The molecule has 3 heterocycles. The molecule has 0 aliphatic carbocycles. The summed E-state index contributed by atoms with van der Waals surface area (Å²) < 4.78 is 5.34. The molecule has 0 amide bonds. The van der Waals surface area contributed by atoms with Crippen LogP contribution in [-0.4, -0.2) is 26.5 Å². The van der Waals surface area contributed by atoms with E-state index in [4.69, 9.17) is 4.74 Å². The first-order valence-electron chi connectivity index (χ1n) is 5.25. The average molecular weight is 246 g/mol. The van der Waals surface area contributed by atoms with Gasteiger partial charge in [-0.15, -0.1) is 11.3 Å². The van der Waals surface area contributed by atoms with Crippen molar-refractivity contribution in [3.8, 4) is 17.4 Å². The number of aromatic amines is 1. The SMILES string of the molecule is CCOc1ccc2[nH]c(-c3cscn3)nc2n1. The number of thiazole rings is 1. The smallest absolute Gasteiger partial charge is 0.215 e. The molecule has 0 fully saturated rings. The van der Waals surface area contributed by atoms with E-state index in [-0.39, 0.29) is 0 Å². The van der Waals surface area contributed by atoms with Crippen LogP contribution in [0, 0.1) is 0 Å². The Hall–Kier alpha value is -1.95. The average Bonchev–Trinajstić information content (AvgIpc) is 2.97. The first-order valence-corrected chi connectivity index (χ1v) is 6.19. The maximum Gasteiger partial charge on any atom is 0.215 e. The van der Waals surface area contributed by atoms with E-state index in [0.29, 0.717) is 18.1 Å². The number of nitrogens with zero attached hydrogens (tertiary/aromatic N) is 3. The van der Waals surface area contributed by atoms with E-state index in [1.54, 1.807) is 5.51 Å². The summed E-state index contributed by atoms with van der Waals surface area (Å²) in [5.41, 5.74) is 4.16. The Kier molecular flexibility index (Phi) is 2.49. The van der Waals surface area contributed by atoms with Crippen LogP contribution in [0.4, 0.5) is 0 Å². The zero-order chi connectivity index (χ0) is 11.7. The lowest BCUT2D eigenvalue weighted by Crippen LogP contribution is -1.93. The second-order valence-corrected chi connectivity index (χ2v) is 4.13. The maximum atomic E-state index is 5.34. The van der Waals surface area contributed by atoms with Crippen molar-refractivity contribution in [1.29, 1.82) is 0 Å². The first-order chi connectivity index (χ1) is 8.36. The number of imidazole rings is 1. The molecule has 0 unspecified atom stereocenters. The molecule has 86 valence electrons. The molecule has 0 saturated heterocycles. The summed E-state index contributed by atoms with van der Waals surface area (Å²) in [4.78, 5) is 16.1. The minimum Gasteiger partial charge on any atom is -0.478 e. The van der Waals surface area contributed by atoms with E-state index in [9.17, 15) is 0 Å². The third kappa shape index (κ3) is 1.87. The van der Waals surface area contributed by atoms with Crippen LogP contribution in [0.15, 0.2) is 23.0 Å². The molecule has 5 nitrogen and oxygen atoms in total. The molecule has 0 aromatic carbocycles. The number of nitrogens with one attached hydrogen (secondary N) is 1. The van der Waals surface area contributed by atoms with Crippen LogP contribution in [0.5, 0.6) is 5.88 Å². The van der Waals surface area contributed by atoms with Gasteiger partial charge in [-0.25, -0.2) is 9.97 Å². The molecule has 0 atom stereocenters. The van der Waals surface area contributed by atoms with Crippen molar-refractivity contribution in [3.63, 3.8) is 0 Å². The van der Waals surface area contributed by atoms with E-state index < -0.39 is 0 Å². The van der Waals surface area contributed by atoms with Crippen LogP contribution in [-0.2, 0) is 0 Å². The quantitative estimate of drug-likeness (QED) is 0.771. The van der Waals surface area contributed by atoms with Crippen LogP contribution in [0.25, 0.3) is 22.7 Å². The summed E-state index contributed by atoms with van der Waals surface area (Å²) in [7, 11) is 0. The van der Waals surface area contributed by atoms with Crippen molar-refractivity contribution in [2.75, 3.05) is 6.61 Å². The van der Waals surface area contributed by atoms with Gasteiger partial charge in [-0.3, -0.25) is 0 Å². The highest BCUT2D eigenvalue weighted by atomic mass is 32.1. The van der Waals surface area contributed by atoms with E-state index in [0.717, 1.165) is 17.0 Å². The molecule has 0 aliphatic heterocycles. The van der Waals surface area contributed by atoms with Gasteiger partial charge < -0.3 is 9.72 Å². The number of H-pyrrole nitrogens is 1. The minimum atomic E-state index is 0.594. The van der Waals surface area contributed by atoms with Gasteiger partial charge in [-0.1, -0.05) is 0 Å². The van der Waals surface area contributed by atoms with Crippen LogP contribution >= 0.6 is 11.3 Å². The second-order valence-electron chi connectivity index (χ2n) is 3.41. The summed E-state index contributed by atoms with van der Waals surface area (Å²) in [6, 6.07) is 3.74. The van der Waals surface area contributed by atoms with Crippen LogP contribution in [0.1, 0.15) is 6.92 Å². The van der Waals surface area contributed by atoms with E-state index in [2.05, 4.69) is 19.9 Å². The molecule has 0 bridgehead atoms. The van der Waals surface area contributed by atoms with Gasteiger partial charge in [0.1, 0.15) is 5.69 Å². The minimum absolute atomic E-state index is 0.594. The van der Waals surface area contributed by atoms with Crippen molar-refractivity contribution in [1.82, 2.24) is 19.9 Å². The van der Waals surface area contributed by atoms with Crippen LogP contribution in [0.3, 0.4) is 0 Å². The maximum absolute atomic E-state index is 5.34. The monoisotopic (exact) mass is 246 g/mol. The molecule has 0 radical (unpaired) electrons. The predicted octanol–water partition coefficient (Wildman–Crippen LogP) is 2.48. The molecule has 0 spiro atoms. The van der Waals surface area contributed by atoms with E-state index in [1.165, 1.54) is 11.3 Å². The standard InChI is InChI=1S/C11H10N4OS/c1-2-16-9-4-3-7-10(14-9)15-11(13-7)8-5-17-6-12-8/h3-6H,2H2,1H3,(H,13,14,15). The lowest BCUT2D eigenvalue weighted by molar-refractivity contribution is 0.328. The van der Waals surface area contributed by atoms with Gasteiger partial charge in [-0.2, -0.15) is 4.98 Å². The van der Waals surface area contributed by atoms with E-state index >= 15 is 0 Å². The number of pyridine rings is 1. The van der Waals surface area contributed by atoms with Gasteiger partial charge in [0.2, 0.25) is 5.88 Å². The molecule has 6 heteroatoms. The summed E-state index contributed by atoms with van der Waals surface area (Å²) >= 11 is 1.54. The number of ether oxygens (including phenoxy) is 1. The molecular formula is C11H10N4OS. The van der Waals surface area contributed by atoms with Crippen LogP contribution in [0.2, 0.25) is 0 Å². The number of hydrogen-bond acceptors (Lipinski definition) is 5. The highest BCUT2D eigenvalue weighted by Gasteiger charge is 2.08. The Labute approximate surface area is 102 Å². The van der Waals surface area contributed by atoms with Crippen molar-refractivity contribution in [3.05, 3.63) is 23.0 Å². The van der Waals surface area contributed by atoms with Gasteiger partial charge in [0.15, 0.2) is 11.5 Å². The zero-order valence-corrected chi connectivity index (χ0v) is 9.99. The number of hydrogen-bond donors (Lipinski definition) is 1. The fraction of sp³-hybridized carbons (Fsp3) is 0.182. The van der Waals surface area contributed by atoms with Gasteiger partial charge in [0.05, 0.1) is 17.6 Å². The molecule has 17 heavy (non-hydrogen) atoms. The molecular weight excluding hydrogens is 236 g/mol. The molecule has 3 aromatic rings.